The standard InChI is InChI=1S/C6H6N3/c1-2-4-9-6(3-1)7-5-8-9/h1-6H. The highest BCUT2D eigenvalue weighted by atomic mass is 15.6. The fourth-order valence-corrected chi connectivity index (χ4v) is 0.860. The lowest BCUT2D eigenvalue weighted by atomic mass is 10.3. The van der Waals surface area contributed by atoms with Crippen LogP contribution >= 0.6 is 0 Å². The van der Waals surface area contributed by atoms with Crippen molar-refractivity contribution in [2.75, 3.05) is 0 Å². The maximum absolute atomic E-state index is 4.05. The van der Waals surface area contributed by atoms with Crippen molar-refractivity contribution in [3.05, 3.63) is 24.4 Å². The first-order chi connectivity index (χ1) is 4.47. The first kappa shape index (κ1) is 4.61. The monoisotopic (exact) mass is 120 g/mol. The molecule has 0 fully saturated rings. The molecular formula is C6H6N3. The van der Waals surface area contributed by atoms with Crippen molar-refractivity contribution < 1.29 is 0 Å². The van der Waals surface area contributed by atoms with Gasteiger partial charge in [-0.3, -0.25) is 0 Å². The largest absolute Gasteiger partial charge is 0.243 e. The van der Waals surface area contributed by atoms with E-state index in [0.717, 1.165) is 0 Å². The molecule has 0 N–H and O–H groups in total. The molecule has 0 aromatic heterocycles. The van der Waals surface area contributed by atoms with Gasteiger partial charge in [-0.05, 0) is 12.2 Å². The topological polar surface area (TPSA) is 29.7 Å². The normalized spacial score (nSPS) is 28.4. The number of fused-ring (bicyclic) bond motifs is 1. The van der Waals surface area contributed by atoms with Crippen molar-refractivity contribution >= 4 is 6.34 Å². The number of hydrogen-bond acceptors (Lipinski definition) is 2. The van der Waals surface area contributed by atoms with E-state index in [1.54, 1.807) is 11.3 Å². The van der Waals surface area contributed by atoms with Gasteiger partial charge in [0.05, 0.1) is 0 Å². The Balaban J connectivity index is 2.25. The Labute approximate surface area is 53.3 Å². The predicted octanol–water partition coefficient (Wildman–Crippen LogP) is 0.259. The average Bonchev–Trinajstić information content (AvgIpc) is 2.33. The molecule has 0 aromatic carbocycles. The van der Waals surface area contributed by atoms with Crippen molar-refractivity contribution in [1.29, 1.82) is 0 Å². The summed E-state index contributed by atoms with van der Waals surface area (Å²) in [6, 6.07) is 0. The molecule has 0 aromatic rings. The van der Waals surface area contributed by atoms with Gasteiger partial charge in [-0.15, -0.1) is 0 Å². The van der Waals surface area contributed by atoms with Crippen LogP contribution in [0.5, 0.6) is 0 Å². The van der Waals surface area contributed by atoms with E-state index < -0.39 is 0 Å². The van der Waals surface area contributed by atoms with E-state index in [1.807, 2.05) is 24.4 Å². The summed E-state index contributed by atoms with van der Waals surface area (Å²) < 4.78 is 0. The van der Waals surface area contributed by atoms with Gasteiger partial charge in [0.15, 0.2) is 6.17 Å². The molecule has 9 heavy (non-hydrogen) atoms. The summed E-state index contributed by atoms with van der Waals surface area (Å²) in [5.74, 6) is 0. The summed E-state index contributed by atoms with van der Waals surface area (Å²) in [4.78, 5) is 0. The van der Waals surface area contributed by atoms with E-state index >= 15 is 0 Å². The maximum atomic E-state index is 4.05. The van der Waals surface area contributed by atoms with Crippen LogP contribution < -0.4 is 5.32 Å². The Hall–Kier alpha value is -1.25. The molecule has 0 amide bonds. The van der Waals surface area contributed by atoms with Crippen molar-refractivity contribution in [2.45, 2.75) is 6.17 Å². The lowest BCUT2D eigenvalue weighted by Gasteiger charge is -2.16. The van der Waals surface area contributed by atoms with Gasteiger partial charge in [-0.1, -0.05) is 6.08 Å². The fourth-order valence-electron chi connectivity index (χ4n) is 0.860. The molecule has 0 saturated carbocycles. The summed E-state index contributed by atoms with van der Waals surface area (Å²) >= 11 is 0. The summed E-state index contributed by atoms with van der Waals surface area (Å²) in [5, 5.41) is 9.82. The first-order valence-corrected chi connectivity index (χ1v) is 2.82. The van der Waals surface area contributed by atoms with Crippen molar-refractivity contribution in [1.82, 2.24) is 10.3 Å². The summed E-state index contributed by atoms with van der Waals surface area (Å²) in [5.41, 5.74) is 0. The molecule has 3 nitrogen and oxygen atoms in total. The molecule has 3 heteroatoms. The van der Waals surface area contributed by atoms with E-state index in [9.17, 15) is 0 Å². The first-order valence-electron chi connectivity index (χ1n) is 2.82. The molecule has 1 radical (unpaired) electrons. The quantitative estimate of drug-likeness (QED) is 0.451. The van der Waals surface area contributed by atoms with E-state index in [1.165, 1.54) is 0 Å². The molecule has 2 heterocycles. The molecule has 1 unspecified atom stereocenters. The fraction of sp³-hybridized carbons (Fsp3) is 0.167. The Bertz CT molecular complexity index is 192. The second-order valence-corrected chi connectivity index (χ2v) is 1.90. The van der Waals surface area contributed by atoms with Crippen LogP contribution in [0.2, 0.25) is 0 Å². The molecule has 0 aliphatic carbocycles. The number of hydrazone groups is 1. The van der Waals surface area contributed by atoms with Crippen LogP contribution in [-0.2, 0) is 0 Å². The predicted molar refractivity (Wildman–Crippen MR) is 34.5 cm³/mol. The zero-order valence-electron chi connectivity index (χ0n) is 4.81. The van der Waals surface area contributed by atoms with Crippen LogP contribution in [0, 0.1) is 0 Å². The minimum Gasteiger partial charge on any atom is -0.243 e. The van der Waals surface area contributed by atoms with Crippen molar-refractivity contribution in [3.63, 3.8) is 0 Å². The number of rotatable bonds is 0. The van der Waals surface area contributed by atoms with Crippen LogP contribution in [0.1, 0.15) is 0 Å². The summed E-state index contributed by atoms with van der Waals surface area (Å²) in [6.45, 7) is 0. The third kappa shape index (κ3) is 0.614. The highest BCUT2D eigenvalue weighted by Crippen LogP contribution is 2.09. The minimum absolute atomic E-state index is 0.134. The van der Waals surface area contributed by atoms with Crippen LogP contribution in [0.25, 0.3) is 0 Å². The zero-order chi connectivity index (χ0) is 6.10. The molecule has 1 atom stereocenters. The lowest BCUT2D eigenvalue weighted by molar-refractivity contribution is 0.346. The minimum atomic E-state index is 0.134. The van der Waals surface area contributed by atoms with Gasteiger partial charge < -0.3 is 0 Å². The Kier molecular flexibility index (Phi) is 0.828. The second kappa shape index (κ2) is 1.62. The Morgan fingerprint density at radius 1 is 1.33 bits per heavy atom. The third-order valence-electron chi connectivity index (χ3n) is 1.31. The van der Waals surface area contributed by atoms with E-state index in [4.69, 9.17) is 0 Å². The van der Waals surface area contributed by atoms with Crippen molar-refractivity contribution in [2.24, 2.45) is 5.10 Å². The van der Waals surface area contributed by atoms with Gasteiger partial charge in [0.25, 0.3) is 0 Å². The number of hydrogen-bond donors (Lipinski definition) is 0. The SMILES string of the molecule is C1=CC2[N]C=NN2C=C1. The maximum Gasteiger partial charge on any atom is 0.162 e. The average molecular weight is 120 g/mol. The molecule has 2 rings (SSSR count). The van der Waals surface area contributed by atoms with Gasteiger partial charge in [-0.2, -0.15) is 5.10 Å². The molecule has 0 bridgehead atoms. The second-order valence-electron chi connectivity index (χ2n) is 1.90. The van der Waals surface area contributed by atoms with Crippen LogP contribution in [0.15, 0.2) is 29.5 Å². The van der Waals surface area contributed by atoms with Gasteiger partial charge in [-0.25, -0.2) is 10.3 Å². The highest BCUT2D eigenvalue weighted by molar-refractivity contribution is 5.57. The third-order valence-corrected chi connectivity index (χ3v) is 1.31. The highest BCUT2D eigenvalue weighted by Gasteiger charge is 2.16. The van der Waals surface area contributed by atoms with E-state index in [-0.39, 0.29) is 6.17 Å². The van der Waals surface area contributed by atoms with Crippen LogP contribution in [0.3, 0.4) is 0 Å². The molecule has 0 spiro atoms. The van der Waals surface area contributed by atoms with E-state index in [2.05, 4.69) is 10.4 Å². The molecule has 45 valence electrons. The van der Waals surface area contributed by atoms with Gasteiger partial charge >= 0.3 is 0 Å². The zero-order valence-corrected chi connectivity index (χ0v) is 4.81. The van der Waals surface area contributed by atoms with Gasteiger partial charge in [0, 0.05) is 6.20 Å². The van der Waals surface area contributed by atoms with Crippen molar-refractivity contribution in [3.8, 4) is 0 Å². The Morgan fingerprint density at radius 2 is 2.33 bits per heavy atom. The Morgan fingerprint density at radius 3 is 3.22 bits per heavy atom. The smallest absolute Gasteiger partial charge is 0.162 e. The molecule has 0 saturated heterocycles. The molecule has 2 aliphatic heterocycles. The van der Waals surface area contributed by atoms with E-state index in [0.29, 0.717) is 0 Å². The van der Waals surface area contributed by atoms with Gasteiger partial charge in [0.1, 0.15) is 6.34 Å². The summed E-state index contributed by atoms with van der Waals surface area (Å²) in [7, 11) is 0. The lowest BCUT2D eigenvalue weighted by Crippen LogP contribution is -2.27. The van der Waals surface area contributed by atoms with Gasteiger partial charge in [0.2, 0.25) is 0 Å². The number of allylic oxidation sites excluding steroid dienone is 2. The molecule has 2 aliphatic rings. The van der Waals surface area contributed by atoms with Crippen LogP contribution in [0.4, 0.5) is 0 Å². The number of nitrogens with zero attached hydrogens (tertiary/aromatic N) is 3. The van der Waals surface area contributed by atoms with Crippen LogP contribution in [-0.4, -0.2) is 17.5 Å². The molecular weight excluding hydrogens is 114 g/mol. The summed E-state index contributed by atoms with van der Waals surface area (Å²) in [6.07, 6.45) is 9.51.